The molecular weight excluding hydrogens is 459 g/mol. The highest BCUT2D eigenvalue weighted by Gasteiger charge is 2.59. The highest BCUT2D eigenvalue weighted by molar-refractivity contribution is 5.77. The van der Waals surface area contributed by atoms with Gasteiger partial charge in [-0.05, 0) is 57.4 Å². The maximum absolute atomic E-state index is 13.2. The molecule has 4 heterocycles. The summed E-state index contributed by atoms with van der Waals surface area (Å²) >= 11 is 0. The summed E-state index contributed by atoms with van der Waals surface area (Å²) in [5, 5.41) is 11.5. The van der Waals surface area contributed by atoms with Gasteiger partial charge >= 0.3 is 12.2 Å². The number of H-pyrrole nitrogens is 1. The van der Waals surface area contributed by atoms with Crippen molar-refractivity contribution < 1.29 is 18.0 Å². The summed E-state index contributed by atoms with van der Waals surface area (Å²) < 4.78 is 40.8. The van der Waals surface area contributed by atoms with Crippen molar-refractivity contribution in [2.24, 2.45) is 16.7 Å². The summed E-state index contributed by atoms with van der Waals surface area (Å²) in [6.07, 6.45) is 1.86. The Labute approximate surface area is 201 Å². The van der Waals surface area contributed by atoms with E-state index in [9.17, 15) is 18.0 Å². The van der Waals surface area contributed by atoms with Gasteiger partial charge in [0.05, 0.1) is 5.69 Å². The summed E-state index contributed by atoms with van der Waals surface area (Å²) in [4.78, 5) is 21.5. The number of likely N-dealkylation sites (tertiary alicyclic amines) is 2. The molecular formula is C24H30F3N7O. The second-order valence-electron chi connectivity index (χ2n) is 12.1. The first-order valence-electron chi connectivity index (χ1n) is 12.7. The molecule has 2 amide bonds. The first-order valence-corrected chi connectivity index (χ1v) is 12.7. The number of carbonyl (C=O) groups is 1. The van der Waals surface area contributed by atoms with Crippen molar-refractivity contribution >= 4 is 6.03 Å². The quantitative estimate of drug-likeness (QED) is 0.706. The highest BCUT2D eigenvalue weighted by Crippen LogP contribution is 2.57. The molecule has 11 heteroatoms. The fraction of sp³-hybridized carbons (Fsp3) is 0.750. The van der Waals surface area contributed by atoms with Crippen LogP contribution >= 0.6 is 0 Å². The zero-order valence-electron chi connectivity index (χ0n) is 19.8. The van der Waals surface area contributed by atoms with Gasteiger partial charge in [0, 0.05) is 55.4 Å². The third-order valence-corrected chi connectivity index (χ3v) is 8.92. The second-order valence-corrected chi connectivity index (χ2v) is 12.1. The van der Waals surface area contributed by atoms with Crippen LogP contribution in [0.5, 0.6) is 0 Å². The number of aromatic nitrogens is 5. The molecule has 7 rings (SSSR count). The molecule has 188 valence electrons. The zero-order valence-corrected chi connectivity index (χ0v) is 19.8. The molecule has 2 aliphatic heterocycles. The number of nitrogens with zero attached hydrogens (tertiary/aromatic N) is 6. The van der Waals surface area contributed by atoms with Crippen LogP contribution in [-0.2, 0) is 12.7 Å². The molecule has 5 fully saturated rings. The number of hydrogen-bond donors (Lipinski definition) is 1. The van der Waals surface area contributed by atoms with Gasteiger partial charge < -0.3 is 9.80 Å². The van der Waals surface area contributed by atoms with Crippen molar-refractivity contribution in [3.8, 4) is 0 Å². The van der Waals surface area contributed by atoms with Crippen molar-refractivity contribution in [1.29, 1.82) is 0 Å². The van der Waals surface area contributed by atoms with Gasteiger partial charge in [-0.2, -0.15) is 23.4 Å². The summed E-state index contributed by atoms with van der Waals surface area (Å²) in [7, 11) is 0. The van der Waals surface area contributed by atoms with Crippen LogP contribution in [0.4, 0.5) is 18.0 Å². The van der Waals surface area contributed by atoms with E-state index in [-0.39, 0.29) is 22.8 Å². The number of aryl methyl sites for hydroxylation is 1. The van der Waals surface area contributed by atoms with Gasteiger partial charge in [0.25, 0.3) is 0 Å². The third-order valence-electron chi connectivity index (χ3n) is 8.92. The summed E-state index contributed by atoms with van der Waals surface area (Å²) in [5.74, 6) is 3.16. The first-order chi connectivity index (χ1) is 16.6. The Morgan fingerprint density at radius 1 is 1.06 bits per heavy atom. The molecule has 0 aromatic carbocycles. The minimum Gasteiger partial charge on any atom is -0.323 e. The van der Waals surface area contributed by atoms with E-state index in [0.29, 0.717) is 24.1 Å². The van der Waals surface area contributed by atoms with E-state index in [2.05, 4.69) is 20.3 Å². The Bertz CT molecular complexity index is 1150. The molecule has 0 unspecified atom stereocenters. The van der Waals surface area contributed by atoms with Crippen LogP contribution in [0.2, 0.25) is 0 Å². The lowest BCUT2D eigenvalue weighted by Gasteiger charge is -2.63. The Morgan fingerprint density at radius 3 is 2.29 bits per heavy atom. The monoisotopic (exact) mass is 489 g/mol. The molecule has 0 radical (unpaired) electrons. The number of alkyl halides is 3. The first kappa shape index (κ1) is 21.7. The number of rotatable bonds is 4. The lowest BCUT2D eigenvalue weighted by Crippen LogP contribution is -2.71. The van der Waals surface area contributed by atoms with E-state index in [0.717, 1.165) is 74.3 Å². The van der Waals surface area contributed by atoms with Crippen LogP contribution in [0.3, 0.4) is 0 Å². The zero-order chi connectivity index (χ0) is 24.2. The fourth-order valence-electron chi connectivity index (χ4n) is 7.14. The van der Waals surface area contributed by atoms with Crippen LogP contribution in [0.25, 0.3) is 0 Å². The minimum absolute atomic E-state index is 0.0938. The topological polar surface area (TPSA) is 82.9 Å². The highest BCUT2D eigenvalue weighted by atomic mass is 19.4. The number of amides is 2. The predicted octanol–water partition coefficient (Wildman–Crippen LogP) is 3.92. The molecule has 3 aliphatic carbocycles. The number of carbonyl (C=O) groups excluding carboxylic acids is 1. The van der Waals surface area contributed by atoms with Gasteiger partial charge in [0.15, 0.2) is 5.82 Å². The van der Waals surface area contributed by atoms with Gasteiger partial charge in [-0.3, -0.25) is 9.78 Å². The third kappa shape index (κ3) is 3.56. The van der Waals surface area contributed by atoms with E-state index in [4.69, 9.17) is 0 Å². The van der Waals surface area contributed by atoms with Gasteiger partial charge in [0.2, 0.25) is 0 Å². The average Bonchev–Trinajstić information content (AvgIpc) is 3.28. The second kappa shape index (κ2) is 7.00. The Morgan fingerprint density at radius 2 is 1.69 bits per heavy atom. The standard InChI is InChI=1S/C24H30F3N7O/c1-14-4-18(24(25,26)27)34(31-14)9-15-5-22(6-15)10-32(11-22)21(35)33-12-23(13-33)7-17(8-23)20-28-19(29-30-20)16-2-3-16/h4,15-17H,2-3,5-13H2,1H3,(H,28,29,30). The Hall–Kier alpha value is -2.59. The molecule has 0 bridgehead atoms. The number of aromatic amines is 1. The van der Waals surface area contributed by atoms with Crippen LogP contribution < -0.4 is 0 Å². The molecule has 35 heavy (non-hydrogen) atoms. The summed E-state index contributed by atoms with van der Waals surface area (Å²) in [5.41, 5.74) is 0.0600. The van der Waals surface area contributed by atoms with Gasteiger partial charge in [0.1, 0.15) is 11.5 Å². The van der Waals surface area contributed by atoms with Crippen molar-refractivity contribution in [3.05, 3.63) is 29.1 Å². The molecule has 2 aromatic heterocycles. The maximum Gasteiger partial charge on any atom is 0.433 e. The van der Waals surface area contributed by atoms with E-state index in [1.165, 1.54) is 12.8 Å². The Kier molecular flexibility index (Phi) is 4.34. The predicted molar refractivity (Wildman–Crippen MR) is 118 cm³/mol. The molecule has 5 aliphatic rings. The van der Waals surface area contributed by atoms with Crippen LogP contribution in [0, 0.1) is 23.7 Å². The van der Waals surface area contributed by atoms with E-state index >= 15 is 0 Å². The van der Waals surface area contributed by atoms with Crippen LogP contribution in [0.15, 0.2) is 6.07 Å². The van der Waals surface area contributed by atoms with E-state index in [1.807, 2.05) is 9.80 Å². The molecule has 2 saturated heterocycles. The number of hydrogen-bond acceptors (Lipinski definition) is 4. The summed E-state index contributed by atoms with van der Waals surface area (Å²) in [6, 6.07) is 1.23. The van der Waals surface area contributed by atoms with Crippen molar-refractivity contribution in [3.63, 3.8) is 0 Å². The molecule has 2 spiro atoms. The SMILES string of the molecule is Cc1cc(C(F)(F)F)n(CC2CC3(C2)CN(C(=O)N2CC4(CC(c5nc(C6CC6)n[nH]5)C4)C2)C3)n1. The molecule has 8 nitrogen and oxygen atoms in total. The van der Waals surface area contributed by atoms with Gasteiger partial charge in [-0.1, -0.05) is 0 Å². The Balaban J connectivity index is 0.862. The number of halogens is 3. The van der Waals surface area contributed by atoms with Crippen molar-refractivity contribution in [2.75, 3.05) is 26.2 Å². The average molecular weight is 490 g/mol. The smallest absolute Gasteiger partial charge is 0.323 e. The van der Waals surface area contributed by atoms with Crippen LogP contribution in [0.1, 0.15) is 73.4 Å². The minimum atomic E-state index is -4.38. The molecule has 3 saturated carbocycles. The number of urea groups is 1. The van der Waals surface area contributed by atoms with E-state index in [1.54, 1.807) is 6.92 Å². The molecule has 0 atom stereocenters. The largest absolute Gasteiger partial charge is 0.433 e. The van der Waals surface area contributed by atoms with Crippen LogP contribution in [-0.4, -0.2) is 67.0 Å². The fourth-order valence-corrected chi connectivity index (χ4v) is 7.14. The van der Waals surface area contributed by atoms with Crippen molar-refractivity contribution in [2.45, 2.75) is 70.0 Å². The lowest BCUT2D eigenvalue weighted by atomic mass is 9.57. The molecule has 1 N–H and O–H groups in total. The summed E-state index contributed by atoms with van der Waals surface area (Å²) in [6.45, 7) is 4.96. The van der Waals surface area contributed by atoms with Gasteiger partial charge in [-0.15, -0.1) is 0 Å². The maximum atomic E-state index is 13.2. The number of nitrogens with one attached hydrogen (secondary N) is 1. The normalized spacial score (nSPS) is 25.4. The van der Waals surface area contributed by atoms with Gasteiger partial charge in [-0.25, -0.2) is 9.78 Å². The van der Waals surface area contributed by atoms with Crippen molar-refractivity contribution in [1.82, 2.24) is 34.8 Å². The van der Waals surface area contributed by atoms with E-state index < -0.39 is 11.9 Å². The molecule has 2 aromatic rings. The lowest BCUT2D eigenvalue weighted by molar-refractivity contribution is -0.146.